The van der Waals surface area contributed by atoms with E-state index in [1.165, 1.54) is 14.0 Å². The molecule has 1 rings (SSSR count). The summed E-state index contributed by atoms with van der Waals surface area (Å²) < 4.78 is 17.9. The Morgan fingerprint density at radius 2 is 2.33 bits per heavy atom. The van der Waals surface area contributed by atoms with Crippen LogP contribution in [0.15, 0.2) is 10.9 Å². The maximum atomic E-state index is 13.3. The van der Waals surface area contributed by atoms with Crippen molar-refractivity contribution in [2.75, 3.05) is 7.11 Å². The van der Waals surface area contributed by atoms with Gasteiger partial charge in [0.1, 0.15) is 0 Å². The van der Waals surface area contributed by atoms with Crippen LogP contribution in [0.5, 0.6) is 5.88 Å². The van der Waals surface area contributed by atoms with Gasteiger partial charge in [-0.05, 0) is 0 Å². The molecule has 1 heterocycles. The van der Waals surface area contributed by atoms with Gasteiger partial charge >= 0.3 is 0 Å². The van der Waals surface area contributed by atoms with Gasteiger partial charge in [-0.3, -0.25) is 9.59 Å². The van der Waals surface area contributed by atoms with E-state index in [0.29, 0.717) is 0 Å². The second-order valence-corrected chi connectivity index (χ2v) is 2.90. The van der Waals surface area contributed by atoms with E-state index in [1.54, 1.807) is 0 Å². The van der Waals surface area contributed by atoms with Crippen molar-refractivity contribution in [3.05, 3.63) is 27.8 Å². The molecule has 1 aromatic rings. The molecule has 0 saturated carbocycles. The predicted molar refractivity (Wildman–Crippen MR) is 51.1 cm³/mol. The lowest BCUT2D eigenvalue weighted by Crippen LogP contribution is -2.25. The summed E-state index contributed by atoms with van der Waals surface area (Å²) in [6, 6.07) is 1.13. The molecule has 0 saturated heterocycles. The molecule has 0 aliphatic rings. The monoisotopic (exact) mass is 214 g/mol. The van der Waals surface area contributed by atoms with Gasteiger partial charge in [0, 0.05) is 13.0 Å². The zero-order valence-electron chi connectivity index (χ0n) is 8.39. The number of H-pyrrole nitrogens is 1. The van der Waals surface area contributed by atoms with Crippen LogP contribution in [0.1, 0.15) is 12.5 Å². The van der Waals surface area contributed by atoms with Gasteiger partial charge in [-0.2, -0.15) is 4.39 Å². The fraction of sp³-hybridized carbons (Fsp3) is 0.333. The van der Waals surface area contributed by atoms with E-state index in [-0.39, 0.29) is 23.9 Å². The van der Waals surface area contributed by atoms with Crippen molar-refractivity contribution >= 4 is 5.91 Å². The number of nitrogens with one attached hydrogen (secondary N) is 2. The Balaban J connectivity index is 2.98. The molecule has 0 spiro atoms. The SMILES string of the molecule is COc1cc(=O)c(CNC(C)=O)c(F)[nH]1. The van der Waals surface area contributed by atoms with E-state index in [2.05, 4.69) is 15.0 Å². The minimum atomic E-state index is -0.798. The number of ether oxygens (including phenoxy) is 1. The molecule has 5 nitrogen and oxygen atoms in total. The van der Waals surface area contributed by atoms with Crippen LogP contribution in [0, 0.1) is 5.95 Å². The van der Waals surface area contributed by atoms with Gasteiger partial charge in [-0.25, -0.2) is 0 Å². The molecule has 0 unspecified atom stereocenters. The number of hydrogen-bond acceptors (Lipinski definition) is 3. The normalized spacial score (nSPS) is 9.80. The lowest BCUT2D eigenvalue weighted by Gasteiger charge is -2.05. The van der Waals surface area contributed by atoms with Crippen molar-refractivity contribution in [3.8, 4) is 5.88 Å². The number of carbonyl (C=O) groups excluding carboxylic acids is 1. The molecule has 1 aromatic heterocycles. The van der Waals surface area contributed by atoms with Gasteiger partial charge in [0.15, 0.2) is 11.3 Å². The average molecular weight is 214 g/mol. The minimum absolute atomic E-state index is 0.0454. The Labute approximate surface area is 85.3 Å². The predicted octanol–water partition coefficient (Wildman–Crippen LogP) is 0.159. The molecule has 0 aromatic carbocycles. The Kier molecular flexibility index (Phi) is 3.43. The zero-order valence-corrected chi connectivity index (χ0v) is 8.39. The number of aromatic nitrogens is 1. The first-order valence-corrected chi connectivity index (χ1v) is 4.24. The van der Waals surface area contributed by atoms with Crippen LogP contribution in [0.25, 0.3) is 0 Å². The molecule has 15 heavy (non-hydrogen) atoms. The topological polar surface area (TPSA) is 71.2 Å². The van der Waals surface area contributed by atoms with Gasteiger partial charge in [0.25, 0.3) is 0 Å². The number of carbonyl (C=O) groups is 1. The van der Waals surface area contributed by atoms with Crippen LogP contribution < -0.4 is 15.5 Å². The van der Waals surface area contributed by atoms with Crippen molar-refractivity contribution in [1.29, 1.82) is 0 Å². The molecule has 0 aliphatic carbocycles. The molecule has 82 valence electrons. The minimum Gasteiger partial charge on any atom is -0.482 e. The summed E-state index contributed by atoms with van der Waals surface area (Å²) in [7, 11) is 1.32. The van der Waals surface area contributed by atoms with Gasteiger partial charge in [-0.1, -0.05) is 0 Å². The Hall–Kier alpha value is -1.85. The molecule has 6 heteroatoms. The highest BCUT2D eigenvalue weighted by molar-refractivity contribution is 5.72. The van der Waals surface area contributed by atoms with Gasteiger partial charge < -0.3 is 15.0 Å². The van der Waals surface area contributed by atoms with Crippen molar-refractivity contribution in [2.45, 2.75) is 13.5 Å². The number of hydrogen-bond donors (Lipinski definition) is 2. The summed E-state index contributed by atoms with van der Waals surface area (Å²) in [6.07, 6.45) is 0. The molecule has 0 atom stereocenters. The van der Waals surface area contributed by atoms with Crippen LogP contribution >= 0.6 is 0 Å². The molecule has 0 radical (unpaired) electrons. The van der Waals surface area contributed by atoms with E-state index in [1.807, 2.05) is 0 Å². The Morgan fingerprint density at radius 3 is 2.80 bits per heavy atom. The van der Waals surface area contributed by atoms with Crippen LogP contribution in [0.4, 0.5) is 4.39 Å². The Morgan fingerprint density at radius 1 is 1.67 bits per heavy atom. The fourth-order valence-electron chi connectivity index (χ4n) is 1.02. The number of aromatic amines is 1. The van der Waals surface area contributed by atoms with Gasteiger partial charge in [0.2, 0.25) is 11.9 Å². The van der Waals surface area contributed by atoms with Crippen molar-refractivity contribution in [1.82, 2.24) is 10.3 Å². The number of amides is 1. The second kappa shape index (κ2) is 4.59. The van der Waals surface area contributed by atoms with E-state index in [4.69, 9.17) is 0 Å². The molecular formula is C9H11FN2O3. The summed E-state index contributed by atoms with van der Waals surface area (Å²) in [5.74, 6) is -1.08. The van der Waals surface area contributed by atoms with Crippen LogP contribution in [0.3, 0.4) is 0 Å². The molecule has 0 aliphatic heterocycles. The zero-order chi connectivity index (χ0) is 11.4. The van der Waals surface area contributed by atoms with Crippen molar-refractivity contribution < 1.29 is 13.9 Å². The molecular weight excluding hydrogens is 203 g/mol. The standard InChI is InChI=1S/C9H11FN2O3/c1-5(13)11-4-6-7(14)3-8(15-2)12-9(6)10/h3H,4H2,1-2H3,(H,11,13)(H,12,14). The smallest absolute Gasteiger partial charge is 0.217 e. The van der Waals surface area contributed by atoms with Crippen LogP contribution in [-0.4, -0.2) is 18.0 Å². The summed E-state index contributed by atoms with van der Waals surface area (Å²) in [5, 5.41) is 2.34. The van der Waals surface area contributed by atoms with E-state index >= 15 is 0 Å². The molecule has 1 amide bonds. The van der Waals surface area contributed by atoms with Crippen molar-refractivity contribution in [3.63, 3.8) is 0 Å². The summed E-state index contributed by atoms with van der Waals surface area (Å²) in [5.41, 5.74) is -0.636. The summed E-state index contributed by atoms with van der Waals surface area (Å²) >= 11 is 0. The highest BCUT2D eigenvalue weighted by atomic mass is 19.1. The number of pyridine rings is 1. The van der Waals surface area contributed by atoms with Crippen LogP contribution in [-0.2, 0) is 11.3 Å². The number of halogens is 1. The van der Waals surface area contributed by atoms with Crippen LogP contribution in [0.2, 0.25) is 0 Å². The highest BCUT2D eigenvalue weighted by Gasteiger charge is 2.09. The first-order chi connectivity index (χ1) is 7.04. The highest BCUT2D eigenvalue weighted by Crippen LogP contribution is 2.06. The van der Waals surface area contributed by atoms with Gasteiger partial charge in [0.05, 0.1) is 19.2 Å². The van der Waals surface area contributed by atoms with E-state index in [9.17, 15) is 14.0 Å². The van der Waals surface area contributed by atoms with E-state index < -0.39 is 11.4 Å². The molecule has 2 N–H and O–H groups in total. The first-order valence-electron chi connectivity index (χ1n) is 4.24. The summed E-state index contributed by atoms with van der Waals surface area (Å²) in [6.45, 7) is 1.15. The quantitative estimate of drug-likeness (QED) is 0.704. The largest absolute Gasteiger partial charge is 0.482 e. The third kappa shape index (κ3) is 2.80. The summed E-state index contributed by atoms with van der Waals surface area (Å²) in [4.78, 5) is 24.2. The van der Waals surface area contributed by atoms with E-state index in [0.717, 1.165) is 6.07 Å². The lowest BCUT2D eigenvalue weighted by atomic mass is 10.2. The second-order valence-electron chi connectivity index (χ2n) is 2.90. The number of methoxy groups -OCH3 is 1. The van der Waals surface area contributed by atoms with Crippen molar-refractivity contribution in [2.24, 2.45) is 0 Å². The average Bonchev–Trinajstić information content (AvgIpc) is 2.15. The number of rotatable bonds is 3. The maximum Gasteiger partial charge on any atom is 0.217 e. The molecule has 0 fully saturated rings. The molecule has 0 bridgehead atoms. The first kappa shape index (κ1) is 11.2. The fourth-order valence-corrected chi connectivity index (χ4v) is 1.02. The third-order valence-corrected chi connectivity index (χ3v) is 1.79. The third-order valence-electron chi connectivity index (χ3n) is 1.79. The lowest BCUT2D eigenvalue weighted by molar-refractivity contribution is -0.119. The maximum absolute atomic E-state index is 13.3. The van der Waals surface area contributed by atoms with Gasteiger partial charge in [-0.15, -0.1) is 0 Å². The Bertz CT molecular complexity index is 428.